The van der Waals surface area contributed by atoms with Gasteiger partial charge in [-0.3, -0.25) is 9.69 Å². The zero-order valence-electron chi connectivity index (χ0n) is 17.8. The summed E-state index contributed by atoms with van der Waals surface area (Å²) in [5, 5.41) is 32.2. The zero-order valence-corrected chi connectivity index (χ0v) is 17.8. The van der Waals surface area contributed by atoms with Gasteiger partial charge in [-0.25, -0.2) is 0 Å². The molecule has 0 spiro atoms. The maximum atomic E-state index is 10.6. The van der Waals surface area contributed by atoms with Crippen LogP contribution in [-0.2, 0) is 17.8 Å². The number of fused-ring (bicyclic) bond motifs is 1. The summed E-state index contributed by atoms with van der Waals surface area (Å²) in [7, 11) is -0.0973. The fourth-order valence-electron chi connectivity index (χ4n) is 2.58. The van der Waals surface area contributed by atoms with E-state index in [-0.39, 0.29) is 0 Å². The Morgan fingerprint density at radius 1 is 1.21 bits per heavy atom. The van der Waals surface area contributed by atoms with Gasteiger partial charge in [0.25, 0.3) is 0 Å². The summed E-state index contributed by atoms with van der Waals surface area (Å²) < 4.78 is 0. The van der Waals surface area contributed by atoms with E-state index in [0.29, 0.717) is 12.7 Å². The Bertz CT molecular complexity index is 503. The quantitative estimate of drug-likeness (QED) is 0.443. The summed E-state index contributed by atoms with van der Waals surface area (Å²) in [4.78, 5) is 12.9. The molecule has 162 valence electrons. The van der Waals surface area contributed by atoms with E-state index < -0.39 is 19.1 Å². The van der Waals surface area contributed by atoms with Gasteiger partial charge in [0.1, 0.15) is 6.04 Å². The standard InChI is InChI=1S/C13H18N2O2.C4H11BO2.C2H6.CH4O/c14-12(13(16)17)6-8-15-7-5-10-3-1-2-4-11(10)9-15;1-2-3-4-5(6)7;2*1-2/h1-4,12H,5-9,14H2,(H,16,17);6-7H,2-4H2,1H3;1-2H3;2H,1H3/t12-;;;/m1.../s1. The maximum absolute atomic E-state index is 10.6. The lowest BCUT2D eigenvalue weighted by Crippen LogP contribution is -2.37. The van der Waals surface area contributed by atoms with Crippen molar-refractivity contribution in [2.45, 2.75) is 65.4 Å². The smallest absolute Gasteiger partial charge is 0.451 e. The number of hydrogen-bond acceptors (Lipinski definition) is 6. The lowest BCUT2D eigenvalue weighted by molar-refractivity contribution is -0.138. The predicted molar refractivity (Wildman–Crippen MR) is 115 cm³/mol. The van der Waals surface area contributed by atoms with E-state index in [1.807, 2.05) is 26.8 Å². The molecular weight excluding hydrogens is 359 g/mol. The third-order valence-corrected chi connectivity index (χ3v) is 4.10. The minimum atomic E-state index is -1.10. The van der Waals surface area contributed by atoms with Crippen LogP contribution >= 0.6 is 0 Å². The zero-order chi connectivity index (χ0) is 21.9. The molecule has 0 saturated heterocycles. The summed E-state index contributed by atoms with van der Waals surface area (Å²) >= 11 is 0. The molecule has 2 rings (SSSR count). The van der Waals surface area contributed by atoms with E-state index in [1.165, 1.54) is 11.1 Å². The van der Waals surface area contributed by atoms with Crippen molar-refractivity contribution in [2.75, 3.05) is 20.2 Å². The van der Waals surface area contributed by atoms with Gasteiger partial charge < -0.3 is 26.0 Å². The van der Waals surface area contributed by atoms with Crippen LogP contribution in [0.25, 0.3) is 0 Å². The Balaban J connectivity index is 0. The summed E-state index contributed by atoms with van der Waals surface area (Å²) in [6, 6.07) is 7.67. The predicted octanol–water partition coefficient (Wildman–Crippen LogP) is 1.74. The topological polar surface area (TPSA) is 127 Å². The molecule has 8 heteroatoms. The summed E-state index contributed by atoms with van der Waals surface area (Å²) in [6.07, 6.45) is 3.99. The van der Waals surface area contributed by atoms with Crippen molar-refractivity contribution in [3.8, 4) is 0 Å². The Morgan fingerprint density at radius 2 is 1.79 bits per heavy atom. The number of carboxylic acids is 1. The molecule has 6 N–H and O–H groups in total. The van der Waals surface area contributed by atoms with E-state index in [1.54, 1.807) is 0 Å². The van der Waals surface area contributed by atoms with E-state index >= 15 is 0 Å². The molecule has 1 aliphatic rings. The Morgan fingerprint density at radius 3 is 2.25 bits per heavy atom. The molecule has 0 radical (unpaired) electrons. The number of carboxylic acid groups (broad SMARTS) is 1. The van der Waals surface area contributed by atoms with E-state index in [9.17, 15) is 4.79 Å². The van der Waals surface area contributed by atoms with Crippen molar-refractivity contribution in [1.82, 2.24) is 4.90 Å². The fraction of sp³-hybridized carbons (Fsp3) is 0.650. The highest BCUT2D eigenvalue weighted by Gasteiger charge is 2.18. The second-order valence-corrected chi connectivity index (χ2v) is 6.15. The van der Waals surface area contributed by atoms with Gasteiger partial charge in [0.2, 0.25) is 0 Å². The number of aliphatic hydroxyl groups is 1. The number of nitrogens with zero attached hydrogens (tertiary/aromatic N) is 1. The summed E-state index contributed by atoms with van der Waals surface area (Å²) in [5.41, 5.74) is 8.26. The molecule has 1 aliphatic heterocycles. The first-order valence-corrected chi connectivity index (χ1v) is 10.0. The third kappa shape index (κ3) is 13.7. The van der Waals surface area contributed by atoms with Gasteiger partial charge in [-0.15, -0.1) is 0 Å². The molecule has 1 aromatic rings. The highest BCUT2D eigenvalue weighted by Crippen LogP contribution is 2.18. The summed E-state index contributed by atoms with van der Waals surface area (Å²) in [6.45, 7) is 8.66. The molecule has 1 aromatic carbocycles. The van der Waals surface area contributed by atoms with Crippen LogP contribution in [0.4, 0.5) is 0 Å². The van der Waals surface area contributed by atoms with Crippen molar-refractivity contribution in [3.05, 3.63) is 35.4 Å². The third-order valence-electron chi connectivity index (χ3n) is 4.10. The highest BCUT2D eigenvalue weighted by molar-refractivity contribution is 6.40. The number of benzene rings is 1. The van der Waals surface area contributed by atoms with Gasteiger partial charge in [-0.1, -0.05) is 57.9 Å². The van der Waals surface area contributed by atoms with E-state index in [0.717, 1.165) is 46.0 Å². The average molecular weight is 398 g/mol. The van der Waals surface area contributed by atoms with Crippen molar-refractivity contribution in [1.29, 1.82) is 0 Å². The Kier molecular flexibility index (Phi) is 19.4. The minimum Gasteiger partial charge on any atom is -0.480 e. The number of hydrogen-bond donors (Lipinski definition) is 5. The number of carbonyl (C=O) groups is 1. The molecule has 7 nitrogen and oxygen atoms in total. The molecule has 0 aliphatic carbocycles. The van der Waals surface area contributed by atoms with Crippen molar-refractivity contribution in [2.24, 2.45) is 5.73 Å². The number of nitrogens with two attached hydrogens (primary N) is 1. The van der Waals surface area contributed by atoms with Gasteiger partial charge >= 0.3 is 13.1 Å². The lowest BCUT2D eigenvalue weighted by atomic mass is 9.84. The Labute approximate surface area is 170 Å². The monoisotopic (exact) mass is 398 g/mol. The van der Waals surface area contributed by atoms with Gasteiger partial charge in [0.15, 0.2) is 0 Å². The summed E-state index contributed by atoms with van der Waals surface area (Å²) in [5.74, 6) is -0.914. The second-order valence-electron chi connectivity index (χ2n) is 6.15. The van der Waals surface area contributed by atoms with Crippen molar-refractivity contribution in [3.63, 3.8) is 0 Å². The van der Waals surface area contributed by atoms with Gasteiger partial charge in [-0.05, 0) is 30.3 Å². The molecule has 0 bridgehead atoms. The minimum absolute atomic E-state index is 0.510. The van der Waals surface area contributed by atoms with Gasteiger partial charge in [0, 0.05) is 26.7 Å². The van der Waals surface area contributed by atoms with Crippen LogP contribution in [0.3, 0.4) is 0 Å². The first-order chi connectivity index (χ1) is 13.4. The van der Waals surface area contributed by atoms with Crippen LogP contribution in [0.2, 0.25) is 6.32 Å². The van der Waals surface area contributed by atoms with Crippen LogP contribution < -0.4 is 5.73 Å². The van der Waals surface area contributed by atoms with Crippen LogP contribution in [0.15, 0.2) is 24.3 Å². The van der Waals surface area contributed by atoms with Crippen LogP contribution in [0.5, 0.6) is 0 Å². The maximum Gasteiger partial charge on any atom is 0.451 e. The number of unbranched alkanes of at least 4 members (excludes halogenated alkanes) is 1. The van der Waals surface area contributed by atoms with Crippen molar-refractivity contribution < 1.29 is 25.1 Å². The highest BCUT2D eigenvalue weighted by atomic mass is 16.4. The molecule has 0 amide bonds. The van der Waals surface area contributed by atoms with Crippen LogP contribution in [0.1, 0.15) is 51.2 Å². The van der Waals surface area contributed by atoms with E-state index in [2.05, 4.69) is 23.1 Å². The molecule has 0 fully saturated rings. The van der Waals surface area contributed by atoms with Crippen LogP contribution in [-0.4, -0.2) is 64.5 Å². The van der Waals surface area contributed by atoms with E-state index in [4.69, 9.17) is 26.0 Å². The average Bonchev–Trinajstić information content (AvgIpc) is 2.73. The lowest BCUT2D eigenvalue weighted by Gasteiger charge is -2.29. The molecule has 0 saturated carbocycles. The van der Waals surface area contributed by atoms with Crippen molar-refractivity contribution >= 4 is 13.1 Å². The van der Waals surface area contributed by atoms with Gasteiger partial charge in [-0.2, -0.15) is 0 Å². The molecular formula is C20H39BN2O5. The molecule has 0 aromatic heterocycles. The molecule has 1 atom stereocenters. The SMILES string of the molecule is CC.CCCCB(O)O.CO.N[C@H](CCN1CCc2ccccc2C1)C(=O)O. The number of aliphatic carboxylic acids is 1. The fourth-order valence-corrected chi connectivity index (χ4v) is 2.58. The molecule has 28 heavy (non-hydrogen) atoms. The largest absolute Gasteiger partial charge is 0.480 e. The normalized spacial score (nSPS) is 13.3. The first-order valence-electron chi connectivity index (χ1n) is 10.0. The number of aliphatic hydroxyl groups excluding tert-OH is 1. The first kappa shape index (κ1) is 28.8. The Hall–Kier alpha value is -1.45. The van der Waals surface area contributed by atoms with Crippen LogP contribution in [0, 0.1) is 0 Å². The van der Waals surface area contributed by atoms with Gasteiger partial charge in [0.05, 0.1) is 0 Å². The second kappa shape index (κ2) is 18.9. The number of rotatable bonds is 7. The molecule has 0 unspecified atom stereocenters. The molecule has 1 heterocycles.